The number of thiophene rings is 1. The van der Waals surface area contributed by atoms with E-state index < -0.39 is 11.8 Å². The average molecular weight is 261 g/mol. The van der Waals surface area contributed by atoms with E-state index in [2.05, 4.69) is 4.98 Å². The number of aromatic nitrogens is 1. The molecule has 0 spiro atoms. The highest BCUT2D eigenvalue weighted by molar-refractivity contribution is 7.13. The first kappa shape index (κ1) is 11.0. The Kier molecular flexibility index (Phi) is 2.41. The van der Waals surface area contributed by atoms with Crippen molar-refractivity contribution >= 4 is 28.2 Å². The molecule has 2 aromatic heterocycles. The second-order valence-corrected chi connectivity index (χ2v) is 4.80. The lowest BCUT2D eigenvalue weighted by atomic mass is 10.1. The Balaban J connectivity index is 2.38. The van der Waals surface area contributed by atoms with Gasteiger partial charge in [0.05, 0.1) is 16.1 Å². The largest absolute Gasteiger partial charge is 0.478 e. The number of nitrogens with one attached hydrogen (secondary N) is 1. The van der Waals surface area contributed by atoms with E-state index in [-0.39, 0.29) is 5.56 Å². The van der Waals surface area contributed by atoms with Crippen LogP contribution in [0.3, 0.4) is 0 Å². The number of rotatable bonds is 2. The van der Waals surface area contributed by atoms with Gasteiger partial charge in [0.2, 0.25) is 0 Å². The molecule has 3 rings (SSSR count). The van der Waals surface area contributed by atoms with Crippen LogP contribution in [0.2, 0.25) is 0 Å². The molecule has 1 aromatic carbocycles. The van der Waals surface area contributed by atoms with Crippen LogP contribution in [0, 0.1) is 5.82 Å². The minimum Gasteiger partial charge on any atom is -0.478 e. The molecule has 0 fully saturated rings. The van der Waals surface area contributed by atoms with Crippen molar-refractivity contribution in [1.82, 2.24) is 4.98 Å². The van der Waals surface area contributed by atoms with Gasteiger partial charge in [-0.3, -0.25) is 0 Å². The molecule has 3 aromatic rings. The molecule has 0 atom stereocenters. The Bertz CT molecular complexity index is 731. The Morgan fingerprint density at radius 1 is 1.33 bits per heavy atom. The number of benzene rings is 1. The molecule has 3 nitrogen and oxygen atoms in total. The van der Waals surface area contributed by atoms with Gasteiger partial charge in [0.25, 0.3) is 0 Å². The lowest BCUT2D eigenvalue weighted by molar-refractivity contribution is 0.0700. The van der Waals surface area contributed by atoms with E-state index in [1.165, 1.54) is 23.5 Å². The van der Waals surface area contributed by atoms with Crippen molar-refractivity contribution in [3.05, 3.63) is 47.1 Å². The van der Waals surface area contributed by atoms with Gasteiger partial charge >= 0.3 is 5.97 Å². The van der Waals surface area contributed by atoms with E-state index in [0.717, 1.165) is 4.88 Å². The number of halogens is 1. The number of hydrogen-bond donors (Lipinski definition) is 2. The van der Waals surface area contributed by atoms with Crippen molar-refractivity contribution in [2.45, 2.75) is 0 Å². The zero-order valence-electron chi connectivity index (χ0n) is 9.11. The van der Waals surface area contributed by atoms with Crippen molar-refractivity contribution in [3.8, 4) is 10.6 Å². The summed E-state index contributed by atoms with van der Waals surface area (Å²) in [6, 6.07) is 7.78. The van der Waals surface area contributed by atoms with Gasteiger partial charge in [0.15, 0.2) is 0 Å². The van der Waals surface area contributed by atoms with Crippen LogP contribution in [0.4, 0.5) is 4.39 Å². The molecule has 0 aliphatic heterocycles. The van der Waals surface area contributed by atoms with E-state index in [1.807, 2.05) is 17.5 Å². The molecule has 18 heavy (non-hydrogen) atoms. The molecule has 0 amide bonds. The van der Waals surface area contributed by atoms with Gasteiger partial charge in [0, 0.05) is 10.9 Å². The normalized spacial score (nSPS) is 10.9. The van der Waals surface area contributed by atoms with E-state index >= 15 is 0 Å². The van der Waals surface area contributed by atoms with Gasteiger partial charge in [-0.25, -0.2) is 9.18 Å². The van der Waals surface area contributed by atoms with Gasteiger partial charge in [0.1, 0.15) is 5.82 Å². The van der Waals surface area contributed by atoms with Crippen LogP contribution in [0.25, 0.3) is 21.5 Å². The minimum absolute atomic E-state index is 0.118. The number of carboxylic acids is 1. The molecule has 2 heterocycles. The Labute approximate surface area is 106 Å². The molecular weight excluding hydrogens is 253 g/mol. The maximum Gasteiger partial charge on any atom is 0.338 e. The topological polar surface area (TPSA) is 53.1 Å². The zero-order chi connectivity index (χ0) is 12.7. The standard InChI is InChI=1S/C13H8FNO2S/c14-7-3-4-9-8(6-7)11(13(16)17)12(15-9)10-2-1-5-18-10/h1-6,15H,(H,16,17). The Hall–Kier alpha value is -2.14. The number of H-pyrrole nitrogens is 1. The SMILES string of the molecule is O=C(O)c1c(-c2cccs2)[nH]c2ccc(F)cc12. The molecule has 0 aliphatic rings. The van der Waals surface area contributed by atoms with Crippen molar-refractivity contribution in [2.75, 3.05) is 0 Å². The lowest BCUT2D eigenvalue weighted by Gasteiger charge is -1.96. The molecular formula is C13H8FNO2S. The molecule has 5 heteroatoms. The third-order valence-electron chi connectivity index (χ3n) is 2.74. The molecule has 0 saturated carbocycles. The summed E-state index contributed by atoms with van der Waals surface area (Å²) in [6.07, 6.45) is 0. The second kappa shape index (κ2) is 3.96. The van der Waals surface area contributed by atoms with Gasteiger partial charge in [-0.05, 0) is 29.6 Å². The Morgan fingerprint density at radius 2 is 2.17 bits per heavy atom. The average Bonchev–Trinajstić information content (AvgIpc) is 2.94. The maximum atomic E-state index is 13.2. The van der Waals surface area contributed by atoms with E-state index in [1.54, 1.807) is 6.07 Å². The highest BCUT2D eigenvalue weighted by Crippen LogP contribution is 2.33. The van der Waals surface area contributed by atoms with Gasteiger partial charge in [-0.15, -0.1) is 11.3 Å². The van der Waals surface area contributed by atoms with Crippen LogP contribution in [0.1, 0.15) is 10.4 Å². The summed E-state index contributed by atoms with van der Waals surface area (Å²) in [5, 5.41) is 11.6. The van der Waals surface area contributed by atoms with Crippen LogP contribution < -0.4 is 0 Å². The summed E-state index contributed by atoms with van der Waals surface area (Å²) in [5.41, 5.74) is 1.27. The van der Waals surface area contributed by atoms with Crippen molar-refractivity contribution in [3.63, 3.8) is 0 Å². The summed E-state index contributed by atoms with van der Waals surface area (Å²) in [5.74, 6) is -1.50. The van der Waals surface area contributed by atoms with Gasteiger partial charge in [-0.1, -0.05) is 6.07 Å². The monoisotopic (exact) mass is 261 g/mol. The van der Waals surface area contributed by atoms with Crippen LogP contribution >= 0.6 is 11.3 Å². The molecule has 0 aliphatic carbocycles. The van der Waals surface area contributed by atoms with Crippen LogP contribution in [0.5, 0.6) is 0 Å². The summed E-state index contributed by atoms with van der Waals surface area (Å²) in [7, 11) is 0. The number of aromatic carboxylic acids is 1. The number of aromatic amines is 1. The quantitative estimate of drug-likeness (QED) is 0.738. The smallest absolute Gasteiger partial charge is 0.338 e. The van der Waals surface area contributed by atoms with Crippen molar-refractivity contribution in [1.29, 1.82) is 0 Å². The number of carboxylic acid groups (broad SMARTS) is 1. The fourth-order valence-corrected chi connectivity index (χ4v) is 2.72. The van der Waals surface area contributed by atoms with Crippen LogP contribution in [0.15, 0.2) is 35.7 Å². The minimum atomic E-state index is -1.06. The first-order chi connectivity index (χ1) is 8.66. The third kappa shape index (κ3) is 1.60. The maximum absolute atomic E-state index is 13.2. The molecule has 90 valence electrons. The first-order valence-electron chi connectivity index (χ1n) is 5.25. The van der Waals surface area contributed by atoms with Gasteiger partial charge in [-0.2, -0.15) is 0 Å². The molecule has 0 saturated heterocycles. The summed E-state index contributed by atoms with van der Waals surface area (Å²) in [6.45, 7) is 0. The molecule has 0 radical (unpaired) electrons. The summed E-state index contributed by atoms with van der Waals surface area (Å²) < 4.78 is 13.2. The zero-order valence-corrected chi connectivity index (χ0v) is 9.92. The fourth-order valence-electron chi connectivity index (χ4n) is 1.99. The highest BCUT2D eigenvalue weighted by atomic mass is 32.1. The third-order valence-corrected chi connectivity index (χ3v) is 3.63. The molecule has 0 unspecified atom stereocenters. The second-order valence-electron chi connectivity index (χ2n) is 3.85. The van der Waals surface area contributed by atoms with Crippen molar-refractivity contribution < 1.29 is 14.3 Å². The fraction of sp³-hybridized carbons (Fsp3) is 0. The predicted molar refractivity (Wildman–Crippen MR) is 68.5 cm³/mol. The first-order valence-corrected chi connectivity index (χ1v) is 6.13. The predicted octanol–water partition coefficient (Wildman–Crippen LogP) is 3.73. The summed E-state index contributed by atoms with van der Waals surface area (Å²) >= 11 is 1.44. The summed E-state index contributed by atoms with van der Waals surface area (Å²) in [4.78, 5) is 15.2. The van der Waals surface area contributed by atoms with E-state index in [4.69, 9.17) is 0 Å². The molecule has 2 N–H and O–H groups in total. The van der Waals surface area contributed by atoms with E-state index in [0.29, 0.717) is 16.6 Å². The number of carbonyl (C=O) groups is 1. The Morgan fingerprint density at radius 3 is 2.83 bits per heavy atom. The number of hydrogen-bond acceptors (Lipinski definition) is 2. The van der Waals surface area contributed by atoms with Gasteiger partial charge < -0.3 is 10.1 Å². The highest BCUT2D eigenvalue weighted by Gasteiger charge is 2.19. The lowest BCUT2D eigenvalue weighted by Crippen LogP contribution is -1.97. The molecule has 0 bridgehead atoms. The van der Waals surface area contributed by atoms with E-state index in [9.17, 15) is 14.3 Å². The van der Waals surface area contributed by atoms with Crippen LogP contribution in [-0.2, 0) is 0 Å². The van der Waals surface area contributed by atoms with Crippen molar-refractivity contribution in [2.24, 2.45) is 0 Å². The van der Waals surface area contributed by atoms with Crippen LogP contribution in [-0.4, -0.2) is 16.1 Å². The number of fused-ring (bicyclic) bond motifs is 1.